The second-order valence-electron chi connectivity index (χ2n) is 5.64. The van der Waals surface area contributed by atoms with E-state index < -0.39 is 4.92 Å². The number of ether oxygens (including phenoxy) is 2. The Kier molecular flexibility index (Phi) is 5.13. The number of hydrogen-bond acceptors (Lipinski definition) is 8. The van der Waals surface area contributed by atoms with Crippen molar-refractivity contribution in [1.29, 1.82) is 0 Å². The lowest BCUT2D eigenvalue weighted by atomic mass is 10.1. The molecule has 28 heavy (non-hydrogen) atoms. The van der Waals surface area contributed by atoms with Crippen molar-refractivity contribution in [3.8, 4) is 11.5 Å². The van der Waals surface area contributed by atoms with Crippen LogP contribution in [-0.2, 0) is 5.75 Å². The van der Waals surface area contributed by atoms with E-state index in [4.69, 9.17) is 21.1 Å². The highest BCUT2D eigenvalue weighted by Crippen LogP contribution is 2.37. The van der Waals surface area contributed by atoms with Crippen LogP contribution < -0.4 is 9.47 Å². The van der Waals surface area contributed by atoms with Crippen LogP contribution in [-0.4, -0.2) is 32.8 Å². The number of nitro benzene ring substituents is 1. The van der Waals surface area contributed by atoms with Crippen molar-refractivity contribution in [2.45, 2.75) is 10.9 Å². The van der Waals surface area contributed by atoms with Gasteiger partial charge in [-0.25, -0.2) is 0 Å². The van der Waals surface area contributed by atoms with Gasteiger partial charge in [0.05, 0.1) is 22.8 Å². The quantitative estimate of drug-likeness (QED) is 0.260. The molecule has 0 radical (unpaired) electrons. The lowest BCUT2D eigenvalue weighted by Gasteiger charge is -2.03. The molecular weight excluding hydrogens is 406 g/mol. The SMILES string of the molecule is O=[N+]([O-])c1cc2c(cc1/C=N/n1cnnc1SCc1ccc(Cl)cc1)OCO2. The van der Waals surface area contributed by atoms with E-state index in [1.54, 1.807) is 0 Å². The Morgan fingerprint density at radius 1 is 1.29 bits per heavy atom. The summed E-state index contributed by atoms with van der Waals surface area (Å²) in [5.74, 6) is 1.43. The number of fused-ring (bicyclic) bond motifs is 1. The summed E-state index contributed by atoms with van der Waals surface area (Å²) in [5, 5.41) is 24.7. The molecule has 2 aromatic carbocycles. The molecule has 0 saturated carbocycles. The Bertz CT molecular complexity index is 1050. The van der Waals surface area contributed by atoms with E-state index >= 15 is 0 Å². The van der Waals surface area contributed by atoms with Crippen LogP contribution in [0.15, 0.2) is 53.0 Å². The highest BCUT2D eigenvalue weighted by molar-refractivity contribution is 7.98. The number of nitrogens with zero attached hydrogens (tertiary/aromatic N) is 5. The third kappa shape index (κ3) is 3.92. The van der Waals surface area contributed by atoms with Crippen LogP contribution in [0.1, 0.15) is 11.1 Å². The number of rotatable bonds is 6. The molecule has 0 atom stereocenters. The van der Waals surface area contributed by atoms with Gasteiger partial charge in [-0.15, -0.1) is 10.2 Å². The number of nitro groups is 1. The van der Waals surface area contributed by atoms with Gasteiger partial charge in [0.15, 0.2) is 11.5 Å². The van der Waals surface area contributed by atoms with Gasteiger partial charge in [0.25, 0.3) is 5.69 Å². The van der Waals surface area contributed by atoms with Crippen LogP contribution in [0.2, 0.25) is 5.02 Å². The van der Waals surface area contributed by atoms with E-state index in [1.807, 2.05) is 24.3 Å². The molecule has 2 heterocycles. The van der Waals surface area contributed by atoms with Crippen molar-refractivity contribution in [3.63, 3.8) is 0 Å². The predicted molar refractivity (Wildman–Crippen MR) is 103 cm³/mol. The molecule has 11 heteroatoms. The van der Waals surface area contributed by atoms with E-state index in [-0.39, 0.29) is 18.0 Å². The monoisotopic (exact) mass is 417 g/mol. The standard InChI is InChI=1S/C17H12ClN5O4S/c18-13-3-1-11(2-4-13)8-28-17-21-19-9-22(17)20-7-12-5-15-16(27-10-26-15)6-14(12)23(24)25/h1-7,9H,8,10H2/b20-7+. The molecule has 1 aliphatic rings. The molecule has 3 aromatic rings. The van der Waals surface area contributed by atoms with E-state index in [0.29, 0.717) is 27.4 Å². The van der Waals surface area contributed by atoms with Gasteiger partial charge < -0.3 is 9.47 Å². The van der Waals surface area contributed by atoms with Crippen molar-refractivity contribution >= 4 is 35.3 Å². The first kappa shape index (κ1) is 18.3. The molecule has 0 saturated heterocycles. The summed E-state index contributed by atoms with van der Waals surface area (Å²) in [6, 6.07) is 10.3. The molecule has 1 aliphatic heterocycles. The minimum atomic E-state index is -0.494. The molecule has 0 bridgehead atoms. The summed E-state index contributed by atoms with van der Waals surface area (Å²) in [7, 11) is 0. The largest absolute Gasteiger partial charge is 0.454 e. The molecule has 9 nitrogen and oxygen atoms in total. The van der Waals surface area contributed by atoms with Gasteiger partial charge in [-0.05, 0) is 23.8 Å². The first-order valence-corrected chi connectivity index (χ1v) is 9.36. The average Bonchev–Trinajstić information content (AvgIpc) is 3.33. The molecular formula is C17H12ClN5O4S. The zero-order chi connectivity index (χ0) is 19.5. The van der Waals surface area contributed by atoms with Crippen LogP contribution in [0.25, 0.3) is 0 Å². The number of thioether (sulfide) groups is 1. The first-order chi connectivity index (χ1) is 13.6. The summed E-state index contributed by atoms with van der Waals surface area (Å²) < 4.78 is 11.9. The van der Waals surface area contributed by atoms with Crippen LogP contribution in [0.4, 0.5) is 5.69 Å². The van der Waals surface area contributed by atoms with Crippen molar-refractivity contribution in [2.75, 3.05) is 6.79 Å². The molecule has 0 unspecified atom stereocenters. The van der Waals surface area contributed by atoms with Crippen LogP contribution in [0.5, 0.6) is 11.5 Å². The van der Waals surface area contributed by atoms with Crippen molar-refractivity contribution < 1.29 is 14.4 Å². The summed E-state index contributed by atoms with van der Waals surface area (Å²) >= 11 is 7.32. The normalized spacial score (nSPS) is 12.6. The number of halogens is 1. The summed E-state index contributed by atoms with van der Waals surface area (Å²) in [5.41, 5.74) is 1.23. The van der Waals surface area contributed by atoms with Gasteiger partial charge >= 0.3 is 0 Å². The Labute approximate surface area is 168 Å². The topological polar surface area (TPSA) is 105 Å². The Hall–Kier alpha value is -3.11. The molecule has 4 rings (SSSR count). The maximum absolute atomic E-state index is 11.3. The summed E-state index contributed by atoms with van der Waals surface area (Å²) in [6.07, 6.45) is 2.80. The van der Waals surface area contributed by atoms with E-state index in [2.05, 4.69) is 15.3 Å². The highest BCUT2D eigenvalue weighted by atomic mass is 35.5. The smallest absolute Gasteiger partial charge is 0.282 e. The van der Waals surface area contributed by atoms with Crippen molar-refractivity contribution in [1.82, 2.24) is 14.9 Å². The number of hydrogen-bond donors (Lipinski definition) is 0. The van der Waals surface area contributed by atoms with Gasteiger partial charge in [0.1, 0.15) is 6.33 Å². The van der Waals surface area contributed by atoms with E-state index in [1.165, 1.54) is 41.1 Å². The lowest BCUT2D eigenvalue weighted by Crippen LogP contribution is -1.97. The second-order valence-corrected chi connectivity index (χ2v) is 7.02. The fourth-order valence-corrected chi connectivity index (χ4v) is 3.40. The molecule has 142 valence electrons. The molecule has 0 fully saturated rings. The van der Waals surface area contributed by atoms with Gasteiger partial charge in [-0.3, -0.25) is 10.1 Å². The first-order valence-electron chi connectivity index (χ1n) is 8.00. The van der Waals surface area contributed by atoms with Crippen LogP contribution in [0, 0.1) is 10.1 Å². The van der Waals surface area contributed by atoms with Gasteiger partial charge in [0, 0.05) is 10.8 Å². The van der Waals surface area contributed by atoms with E-state index in [9.17, 15) is 10.1 Å². The lowest BCUT2D eigenvalue weighted by molar-refractivity contribution is -0.385. The minimum Gasteiger partial charge on any atom is -0.454 e. The Balaban J connectivity index is 1.54. The van der Waals surface area contributed by atoms with Gasteiger partial charge in [-0.1, -0.05) is 35.5 Å². The van der Waals surface area contributed by atoms with Crippen LogP contribution >= 0.6 is 23.4 Å². The molecule has 0 N–H and O–H groups in total. The maximum Gasteiger partial charge on any atom is 0.282 e. The van der Waals surface area contributed by atoms with E-state index in [0.717, 1.165) is 5.56 Å². The van der Waals surface area contributed by atoms with Crippen molar-refractivity contribution in [2.24, 2.45) is 5.10 Å². The molecule has 0 amide bonds. The van der Waals surface area contributed by atoms with Crippen LogP contribution in [0.3, 0.4) is 0 Å². The Morgan fingerprint density at radius 3 is 2.79 bits per heavy atom. The fourth-order valence-electron chi connectivity index (χ4n) is 2.45. The zero-order valence-electron chi connectivity index (χ0n) is 14.2. The average molecular weight is 418 g/mol. The fraction of sp³-hybridized carbons (Fsp3) is 0.118. The third-order valence-electron chi connectivity index (χ3n) is 3.82. The second kappa shape index (κ2) is 7.87. The van der Waals surface area contributed by atoms with Gasteiger partial charge in [-0.2, -0.15) is 9.78 Å². The van der Waals surface area contributed by atoms with Gasteiger partial charge in [0.2, 0.25) is 11.9 Å². The maximum atomic E-state index is 11.3. The molecule has 1 aromatic heterocycles. The number of aromatic nitrogens is 3. The third-order valence-corrected chi connectivity index (χ3v) is 5.08. The summed E-state index contributed by atoms with van der Waals surface area (Å²) in [4.78, 5) is 10.8. The Morgan fingerprint density at radius 2 is 2.04 bits per heavy atom. The highest BCUT2D eigenvalue weighted by Gasteiger charge is 2.22. The van der Waals surface area contributed by atoms with Crippen molar-refractivity contribution in [3.05, 3.63) is 69.0 Å². The predicted octanol–water partition coefficient (Wildman–Crippen LogP) is 3.74. The molecule has 0 spiro atoms. The number of benzene rings is 2. The zero-order valence-corrected chi connectivity index (χ0v) is 15.8. The summed E-state index contributed by atoms with van der Waals surface area (Å²) in [6.45, 7) is 0.0318. The minimum absolute atomic E-state index is 0.0318. The molecule has 0 aliphatic carbocycles.